The van der Waals surface area contributed by atoms with Crippen molar-refractivity contribution in [2.75, 3.05) is 5.32 Å². The van der Waals surface area contributed by atoms with Gasteiger partial charge in [-0.1, -0.05) is 32.0 Å². The number of hydrogen-bond acceptors (Lipinski definition) is 3. The number of ketones is 1. The Kier molecular flexibility index (Phi) is 4.86. The maximum atomic E-state index is 13.4. The van der Waals surface area contributed by atoms with Crippen LogP contribution in [0.2, 0.25) is 0 Å². The fourth-order valence-electron chi connectivity index (χ4n) is 3.86. The van der Waals surface area contributed by atoms with Crippen LogP contribution in [0.1, 0.15) is 46.7 Å². The van der Waals surface area contributed by atoms with Crippen molar-refractivity contribution < 1.29 is 14.0 Å². The Bertz CT molecular complexity index is 1200. The molecular weight excluding hydrogens is 383 g/mol. The molecule has 152 valence electrons. The molecule has 4 rings (SSSR count). The molecular formula is C24H21FN2O3. The second-order valence-corrected chi connectivity index (χ2v) is 8.30. The lowest BCUT2D eigenvalue weighted by Gasteiger charge is -2.32. The second kappa shape index (κ2) is 7.37. The minimum absolute atomic E-state index is 0.0956. The van der Waals surface area contributed by atoms with Gasteiger partial charge in [0.2, 0.25) is 0 Å². The van der Waals surface area contributed by atoms with E-state index in [4.69, 9.17) is 0 Å². The third kappa shape index (κ3) is 3.68. The molecule has 0 fully saturated rings. The topological polar surface area (TPSA) is 68.2 Å². The molecule has 0 atom stereocenters. The van der Waals surface area contributed by atoms with E-state index in [1.54, 1.807) is 24.3 Å². The fourth-order valence-corrected chi connectivity index (χ4v) is 3.86. The summed E-state index contributed by atoms with van der Waals surface area (Å²) in [5.41, 5.74) is 1.05. The first kappa shape index (κ1) is 19.8. The van der Waals surface area contributed by atoms with Gasteiger partial charge in [0, 0.05) is 29.1 Å². The van der Waals surface area contributed by atoms with E-state index in [1.807, 2.05) is 19.9 Å². The second-order valence-electron chi connectivity index (χ2n) is 8.30. The molecule has 3 aromatic rings. The quantitative estimate of drug-likeness (QED) is 0.704. The van der Waals surface area contributed by atoms with E-state index >= 15 is 0 Å². The maximum Gasteiger partial charge on any atom is 0.268 e. The van der Waals surface area contributed by atoms with Crippen molar-refractivity contribution in [3.63, 3.8) is 0 Å². The van der Waals surface area contributed by atoms with E-state index in [0.717, 1.165) is 0 Å². The minimum Gasteiger partial charge on any atom is -0.322 e. The number of benzene rings is 2. The highest BCUT2D eigenvalue weighted by molar-refractivity contribution is 6.07. The van der Waals surface area contributed by atoms with Gasteiger partial charge in [0.1, 0.15) is 11.4 Å². The number of Topliss-reactive ketones (excluding diaryl/α,β-unsaturated/α-hetero) is 1. The van der Waals surface area contributed by atoms with Crippen LogP contribution in [0.3, 0.4) is 0 Å². The number of fused-ring (bicyclic) bond motifs is 1. The summed E-state index contributed by atoms with van der Waals surface area (Å²) in [7, 11) is 0. The SMILES string of the molecule is CC1(C)CC(=O)c2cc(C(=O)Nc3ccc(F)cc3)c(=O)n(-c3ccccc3)c2C1. The average molecular weight is 404 g/mol. The number of pyridine rings is 1. The summed E-state index contributed by atoms with van der Waals surface area (Å²) in [6.07, 6.45) is 0.879. The van der Waals surface area contributed by atoms with E-state index in [2.05, 4.69) is 5.32 Å². The number of aromatic nitrogens is 1. The van der Waals surface area contributed by atoms with E-state index in [0.29, 0.717) is 35.5 Å². The predicted octanol–water partition coefficient (Wildman–Crippen LogP) is 4.38. The standard InChI is InChI=1S/C24H21FN2O3/c1-24(2)13-20-18(21(28)14-24)12-19(22(29)26-16-10-8-15(25)9-11-16)23(30)27(20)17-6-4-3-5-7-17/h3-12H,13-14H2,1-2H3,(H,26,29). The highest BCUT2D eigenvalue weighted by Crippen LogP contribution is 2.35. The lowest BCUT2D eigenvalue weighted by atomic mass is 9.75. The van der Waals surface area contributed by atoms with Crippen molar-refractivity contribution in [1.82, 2.24) is 4.57 Å². The number of nitrogens with zero attached hydrogens (tertiary/aromatic N) is 1. The van der Waals surface area contributed by atoms with Gasteiger partial charge in [-0.05, 0) is 54.3 Å². The third-order valence-corrected chi connectivity index (χ3v) is 5.25. The van der Waals surface area contributed by atoms with Crippen molar-refractivity contribution in [2.45, 2.75) is 26.7 Å². The van der Waals surface area contributed by atoms with Crippen molar-refractivity contribution in [1.29, 1.82) is 0 Å². The van der Waals surface area contributed by atoms with E-state index in [9.17, 15) is 18.8 Å². The van der Waals surface area contributed by atoms with Crippen LogP contribution in [0.4, 0.5) is 10.1 Å². The molecule has 0 unspecified atom stereocenters. The summed E-state index contributed by atoms with van der Waals surface area (Å²) in [5.74, 6) is -1.17. The highest BCUT2D eigenvalue weighted by Gasteiger charge is 2.35. The molecule has 5 nitrogen and oxygen atoms in total. The number of amides is 1. The van der Waals surface area contributed by atoms with Gasteiger partial charge in [-0.2, -0.15) is 0 Å². The molecule has 0 saturated heterocycles. The predicted molar refractivity (Wildman–Crippen MR) is 113 cm³/mol. The summed E-state index contributed by atoms with van der Waals surface area (Å²) in [4.78, 5) is 39.1. The van der Waals surface area contributed by atoms with Crippen LogP contribution in [-0.2, 0) is 6.42 Å². The summed E-state index contributed by atoms with van der Waals surface area (Å²) < 4.78 is 14.6. The van der Waals surface area contributed by atoms with Crippen LogP contribution in [0.25, 0.3) is 5.69 Å². The van der Waals surface area contributed by atoms with E-state index in [-0.39, 0.29) is 16.8 Å². The highest BCUT2D eigenvalue weighted by atomic mass is 19.1. The van der Waals surface area contributed by atoms with Gasteiger partial charge in [-0.25, -0.2) is 4.39 Å². The van der Waals surface area contributed by atoms with Crippen LogP contribution in [-0.4, -0.2) is 16.3 Å². The zero-order chi connectivity index (χ0) is 21.5. The molecule has 30 heavy (non-hydrogen) atoms. The van der Waals surface area contributed by atoms with Crippen molar-refractivity contribution >= 4 is 17.4 Å². The maximum absolute atomic E-state index is 13.4. The molecule has 1 aliphatic rings. The van der Waals surface area contributed by atoms with Gasteiger partial charge in [-0.15, -0.1) is 0 Å². The zero-order valence-corrected chi connectivity index (χ0v) is 16.7. The molecule has 1 heterocycles. The van der Waals surface area contributed by atoms with Crippen LogP contribution >= 0.6 is 0 Å². The molecule has 0 radical (unpaired) electrons. The van der Waals surface area contributed by atoms with Crippen LogP contribution in [0.5, 0.6) is 0 Å². The van der Waals surface area contributed by atoms with Crippen LogP contribution < -0.4 is 10.9 Å². The summed E-state index contributed by atoms with van der Waals surface area (Å²) >= 11 is 0. The number of nitrogens with one attached hydrogen (secondary N) is 1. The number of carbonyl (C=O) groups is 2. The van der Waals surface area contributed by atoms with Gasteiger partial charge in [-0.3, -0.25) is 19.0 Å². The molecule has 0 saturated carbocycles. The van der Waals surface area contributed by atoms with E-state index < -0.39 is 17.3 Å². The van der Waals surface area contributed by atoms with Gasteiger partial charge >= 0.3 is 0 Å². The van der Waals surface area contributed by atoms with E-state index in [1.165, 1.54) is 34.9 Å². The van der Waals surface area contributed by atoms with Crippen LogP contribution in [0.15, 0.2) is 65.5 Å². The van der Waals surface area contributed by atoms with Gasteiger partial charge in [0.25, 0.3) is 11.5 Å². The first-order valence-corrected chi connectivity index (χ1v) is 9.70. The number of anilines is 1. The average Bonchev–Trinajstić information content (AvgIpc) is 2.69. The molecule has 1 aromatic heterocycles. The smallest absolute Gasteiger partial charge is 0.268 e. The molecule has 1 aliphatic carbocycles. The first-order chi connectivity index (χ1) is 14.2. The Labute approximate surface area is 173 Å². The fraction of sp³-hybridized carbons (Fsp3) is 0.208. The molecule has 0 spiro atoms. The molecule has 2 aromatic carbocycles. The molecule has 1 amide bonds. The van der Waals surface area contributed by atoms with Gasteiger partial charge in [0.05, 0.1) is 0 Å². The zero-order valence-electron chi connectivity index (χ0n) is 16.7. The Hall–Kier alpha value is -3.54. The van der Waals surface area contributed by atoms with Crippen LogP contribution in [0, 0.1) is 11.2 Å². The number of halogens is 1. The monoisotopic (exact) mass is 404 g/mol. The van der Waals surface area contributed by atoms with Gasteiger partial charge in [0.15, 0.2) is 5.78 Å². The Morgan fingerprint density at radius 3 is 2.33 bits per heavy atom. The number of carbonyl (C=O) groups excluding carboxylic acids is 2. The normalized spacial score (nSPS) is 14.8. The lowest BCUT2D eigenvalue weighted by molar-refractivity contribution is 0.0909. The van der Waals surface area contributed by atoms with Crippen molar-refractivity contribution in [3.05, 3.63) is 93.7 Å². The minimum atomic E-state index is -0.642. The van der Waals surface area contributed by atoms with Crippen molar-refractivity contribution in [3.8, 4) is 5.69 Å². The van der Waals surface area contributed by atoms with Crippen molar-refractivity contribution in [2.24, 2.45) is 5.41 Å². The Balaban J connectivity index is 1.88. The summed E-state index contributed by atoms with van der Waals surface area (Å²) in [6, 6.07) is 15.6. The molecule has 0 bridgehead atoms. The third-order valence-electron chi connectivity index (χ3n) is 5.25. The molecule has 6 heteroatoms. The lowest BCUT2D eigenvalue weighted by Crippen LogP contribution is -2.37. The largest absolute Gasteiger partial charge is 0.322 e. The first-order valence-electron chi connectivity index (χ1n) is 9.70. The molecule has 1 N–H and O–H groups in total. The number of rotatable bonds is 3. The molecule has 0 aliphatic heterocycles. The Morgan fingerprint density at radius 2 is 1.67 bits per heavy atom. The number of para-hydroxylation sites is 1. The van der Waals surface area contributed by atoms with Gasteiger partial charge < -0.3 is 5.32 Å². The Morgan fingerprint density at radius 1 is 1.00 bits per heavy atom. The summed E-state index contributed by atoms with van der Waals surface area (Å²) in [5, 5.41) is 2.61. The summed E-state index contributed by atoms with van der Waals surface area (Å²) in [6.45, 7) is 3.98. The number of hydrogen-bond donors (Lipinski definition) is 1.